The maximum absolute atomic E-state index is 12.9. The summed E-state index contributed by atoms with van der Waals surface area (Å²) in [5.74, 6) is -1.49. The summed E-state index contributed by atoms with van der Waals surface area (Å²) in [5, 5.41) is 15.6. The van der Waals surface area contributed by atoms with Gasteiger partial charge in [-0.25, -0.2) is 4.68 Å². The third-order valence-corrected chi connectivity index (χ3v) is 4.27. The molecule has 26 heavy (non-hydrogen) atoms. The van der Waals surface area contributed by atoms with Crippen LogP contribution in [0.3, 0.4) is 0 Å². The van der Waals surface area contributed by atoms with Crippen LogP contribution in [0, 0.1) is 20.8 Å². The summed E-state index contributed by atoms with van der Waals surface area (Å²) in [7, 11) is 0. The fraction of sp³-hybridized carbons (Fsp3) is 0.389. The number of alkyl halides is 2. The molecule has 0 aliphatic heterocycles. The largest absolute Gasteiger partial charge is 0.481 e. The molecule has 0 fully saturated rings. The minimum absolute atomic E-state index is 0.146. The minimum atomic E-state index is -2.78. The number of halogens is 2. The van der Waals surface area contributed by atoms with E-state index in [2.05, 4.69) is 10.4 Å². The zero-order valence-corrected chi connectivity index (χ0v) is 14.8. The molecule has 1 atom stereocenters. The van der Waals surface area contributed by atoms with Gasteiger partial charge in [0, 0.05) is 11.3 Å². The van der Waals surface area contributed by atoms with Gasteiger partial charge < -0.3 is 10.4 Å². The van der Waals surface area contributed by atoms with Crippen molar-refractivity contribution in [3.8, 4) is 0 Å². The Labute approximate surface area is 149 Å². The van der Waals surface area contributed by atoms with E-state index >= 15 is 0 Å². The molecule has 0 saturated heterocycles. The second-order valence-corrected chi connectivity index (χ2v) is 6.12. The topological polar surface area (TPSA) is 84.2 Å². The molecule has 6 nitrogen and oxygen atoms in total. The number of carbonyl (C=O) groups excluding carboxylic acids is 1. The van der Waals surface area contributed by atoms with Crippen molar-refractivity contribution in [2.45, 2.75) is 46.2 Å². The van der Waals surface area contributed by atoms with Crippen molar-refractivity contribution in [3.05, 3.63) is 52.3 Å². The fourth-order valence-electron chi connectivity index (χ4n) is 2.94. The molecule has 0 spiro atoms. The number of nitrogens with one attached hydrogen (secondary N) is 1. The second-order valence-electron chi connectivity index (χ2n) is 6.12. The first kappa shape index (κ1) is 19.6. The smallest absolute Gasteiger partial charge is 0.333 e. The van der Waals surface area contributed by atoms with E-state index < -0.39 is 24.5 Å². The Morgan fingerprint density at radius 1 is 1.23 bits per heavy atom. The molecular weight excluding hydrogens is 344 g/mol. The fourth-order valence-corrected chi connectivity index (χ4v) is 2.94. The Bertz CT molecular complexity index is 818. The predicted octanol–water partition coefficient (Wildman–Crippen LogP) is 3.08. The van der Waals surface area contributed by atoms with Gasteiger partial charge in [0.25, 0.3) is 0 Å². The number of aromatic nitrogens is 2. The van der Waals surface area contributed by atoms with Crippen LogP contribution in [0.1, 0.15) is 47.1 Å². The third kappa shape index (κ3) is 4.44. The van der Waals surface area contributed by atoms with Crippen LogP contribution >= 0.6 is 0 Å². The van der Waals surface area contributed by atoms with Gasteiger partial charge in [0.2, 0.25) is 5.91 Å². The van der Waals surface area contributed by atoms with E-state index in [1.54, 1.807) is 19.1 Å². The lowest BCUT2D eigenvalue weighted by atomic mass is 9.98. The number of hydrogen-bond acceptors (Lipinski definition) is 3. The van der Waals surface area contributed by atoms with Gasteiger partial charge >= 0.3 is 12.5 Å². The van der Waals surface area contributed by atoms with Gasteiger partial charge in [-0.05, 0) is 31.9 Å². The van der Waals surface area contributed by atoms with Crippen LogP contribution in [-0.2, 0) is 16.0 Å². The number of nitrogens with zero attached hydrogens (tertiary/aromatic N) is 2. The number of aryl methyl sites for hydroxylation is 2. The standard InChI is InChI=1S/C18H21F2N3O3/c1-10-6-4-5-7-13(10)15(9-17(25)26)21-16(24)8-14-11(2)22-23(12(14)3)18(19)20/h4-7,15,18H,8-9H2,1-3H3,(H,21,24)(H,25,26). The van der Waals surface area contributed by atoms with Crippen molar-refractivity contribution in [1.29, 1.82) is 0 Å². The average molecular weight is 365 g/mol. The summed E-state index contributed by atoms with van der Waals surface area (Å²) >= 11 is 0. The molecule has 2 rings (SSSR count). The molecule has 0 radical (unpaired) electrons. The van der Waals surface area contributed by atoms with Gasteiger partial charge in [-0.3, -0.25) is 9.59 Å². The maximum atomic E-state index is 12.9. The first-order chi connectivity index (χ1) is 12.2. The normalized spacial score (nSPS) is 12.2. The van der Waals surface area contributed by atoms with Crippen LogP contribution in [0.5, 0.6) is 0 Å². The first-order valence-corrected chi connectivity index (χ1v) is 8.10. The first-order valence-electron chi connectivity index (χ1n) is 8.10. The zero-order chi connectivity index (χ0) is 19.4. The van der Waals surface area contributed by atoms with Gasteiger partial charge in [0.05, 0.1) is 24.6 Å². The highest BCUT2D eigenvalue weighted by atomic mass is 19.3. The van der Waals surface area contributed by atoms with E-state index in [1.165, 1.54) is 6.92 Å². The molecule has 8 heteroatoms. The number of carboxylic acid groups (broad SMARTS) is 1. The number of hydrogen-bond donors (Lipinski definition) is 2. The van der Waals surface area contributed by atoms with E-state index in [9.17, 15) is 18.4 Å². The van der Waals surface area contributed by atoms with Crippen molar-refractivity contribution >= 4 is 11.9 Å². The monoisotopic (exact) mass is 365 g/mol. The van der Waals surface area contributed by atoms with Gasteiger partial charge in [0.1, 0.15) is 0 Å². The number of rotatable bonds is 7. The quantitative estimate of drug-likeness (QED) is 0.790. The highest BCUT2D eigenvalue weighted by Gasteiger charge is 2.23. The molecule has 1 unspecified atom stereocenters. The molecule has 0 bridgehead atoms. The second kappa shape index (κ2) is 8.07. The predicted molar refractivity (Wildman–Crippen MR) is 91.0 cm³/mol. The molecule has 1 amide bonds. The summed E-state index contributed by atoms with van der Waals surface area (Å²) in [4.78, 5) is 23.6. The molecule has 140 valence electrons. The summed E-state index contributed by atoms with van der Waals surface area (Å²) < 4.78 is 26.4. The lowest BCUT2D eigenvalue weighted by molar-refractivity contribution is -0.137. The SMILES string of the molecule is Cc1ccccc1C(CC(=O)O)NC(=O)Cc1c(C)nn(C(F)F)c1C. The molecule has 1 heterocycles. The number of benzene rings is 1. The minimum Gasteiger partial charge on any atom is -0.481 e. The lowest BCUT2D eigenvalue weighted by Gasteiger charge is -2.19. The van der Waals surface area contributed by atoms with Crippen LogP contribution in [0.4, 0.5) is 8.78 Å². The highest BCUT2D eigenvalue weighted by molar-refractivity contribution is 5.80. The molecule has 1 aromatic heterocycles. The Balaban J connectivity index is 2.21. The number of carbonyl (C=O) groups is 2. The molecule has 2 aromatic rings. The van der Waals surface area contributed by atoms with Crippen molar-refractivity contribution in [2.24, 2.45) is 0 Å². The molecule has 0 aliphatic rings. The van der Waals surface area contributed by atoms with Crippen molar-refractivity contribution in [2.75, 3.05) is 0 Å². The molecular formula is C18H21F2N3O3. The summed E-state index contributed by atoms with van der Waals surface area (Å²) in [6.45, 7) is 2.09. The van der Waals surface area contributed by atoms with Crippen molar-refractivity contribution in [1.82, 2.24) is 15.1 Å². The lowest BCUT2D eigenvalue weighted by Crippen LogP contribution is -2.32. The molecule has 0 aliphatic carbocycles. The van der Waals surface area contributed by atoms with Crippen LogP contribution in [-0.4, -0.2) is 26.8 Å². The average Bonchev–Trinajstić information content (AvgIpc) is 2.82. The van der Waals surface area contributed by atoms with Gasteiger partial charge in [-0.2, -0.15) is 13.9 Å². The van der Waals surface area contributed by atoms with E-state index in [0.29, 0.717) is 21.5 Å². The van der Waals surface area contributed by atoms with Gasteiger partial charge in [-0.1, -0.05) is 24.3 Å². The Morgan fingerprint density at radius 2 is 1.88 bits per heavy atom. The number of aliphatic carboxylic acids is 1. The molecule has 0 saturated carbocycles. The van der Waals surface area contributed by atoms with Crippen LogP contribution in [0.25, 0.3) is 0 Å². The van der Waals surface area contributed by atoms with Gasteiger partial charge in [-0.15, -0.1) is 0 Å². The third-order valence-electron chi connectivity index (χ3n) is 4.27. The summed E-state index contributed by atoms with van der Waals surface area (Å²) in [5.41, 5.74) is 2.56. The number of amides is 1. The number of carboxylic acids is 1. The van der Waals surface area contributed by atoms with E-state index in [4.69, 9.17) is 5.11 Å². The van der Waals surface area contributed by atoms with E-state index in [0.717, 1.165) is 5.56 Å². The Morgan fingerprint density at radius 3 is 2.42 bits per heavy atom. The van der Waals surface area contributed by atoms with Crippen molar-refractivity contribution in [3.63, 3.8) is 0 Å². The van der Waals surface area contributed by atoms with Gasteiger partial charge in [0.15, 0.2) is 0 Å². The van der Waals surface area contributed by atoms with E-state index in [-0.39, 0.29) is 18.5 Å². The van der Waals surface area contributed by atoms with Crippen LogP contribution in [0.15, 0.2) is 24.3 Å². The van der Waals surface area contributed by atoms with Crippen LogP contribution < -0.4 is 5.32 Å². The molecule has 2 N–H and O–H groups in total. The Hall–Kier alpha value is -2.77. The maximum Gasteiger partial charge on any atom is 0.333 e. The van der Waals surface area contributed by atoms with Crippen LogP contribution in [0.2, 0.25) is 0 Å². The highest BCUT2D eigenvalue weighted by Crippen LogP contribution is 2.23. The van der Waals surface area contributed by atoms with Crippen molar-refractivity contribution < 1.29 is 23.5 Å². The molecule has 1 aromatic carbocycles. The summed E-state index contributed by atoms with van der Waals surface area (Å²) in [6, 6.07) is 6.48. The zero-order valence-electron chi connectivity index (χ0n) is 14.8. The summed E-state index contributed by atoms with van der Waals surface area (Å²) in [6.07, 6.45) is -0.419. The Kier molecular flexibility index (Phi) is 6.07. The van der Waals surface area contributed by atoms with E-state index in [1.807, 2.05) is 19.1 Å².